The molecule has 1 unspecified atom stereocenters. The zero-order valence-electron chi connectivity index (χ0n) is 11.3. The Labute approximate surface area is 121 Å². The van der Waals surface area contributed by atoms with Crippen LogP contribution in [0.25, 0.3) is 0 Å². The minimum atomic E-state index is -0.331. The van der Waals surface area contributed by atoms with E-state index in [4.69, 9.17) is 9.26 Å². The molecule has 1 amide bonds. The van der Waals surface area contributed by atoms with Crippen LogP contribution in [0, 0.1) is 0 Å². The van der Waals surface area contributed by atoms with E-state index >= 15 is 0 Å². The third-order valence-electron chi connectivity index (χ3n) is 3.39. The van der Waals surface area contributed by atoms with Crippen LogP contribution < -0.4 is 0 Å². The van der Waals surface area contributed by atoms with E-state index in [2.05, 4.69) is 10.1 Å². The number of phenolic OH excluding ortho intramolecular Hbond substituents is 1. The second-order valence-electron chi connectivity index (χ2n) is 4.81. The van der Waals surface area contributed by atoms with Crippen molar-refractivity contribution >= 4 is 5.91 Å². The van der Waals surface area contributed by atoms with Gasteiger partial charge in [-0.1, -0.05) is 17.3 Å². The second kappa shape index (κ2) is 5.92. The molecule has 2 heterocycles. The summed E-state index contributed by atoms with van der Waals surface area (Å²) >= 11 is 0. The number of rotatable bonds is 3. The van der Waals surface area contributed by atoms with Gasteiger partial charge in [0.1, 0.15) is 11.8 Å². The van der Waals surface area contributed by atoms with Crippen LogP contribution in [0.5, 0.6) is 5.75 Å². The van der Waals surface area contributed by atoms with Crippen LogP contribution in [-0.2, 0) is 16.0 Å². The average Bonchev–Trinajstić information content (AvgIpc) is 3.01. The number of ether oxygens (including phenoxy) is 1. The van der Waals surface area contributed by atoms with Crippen LogP contribution in [0.4, 0.5) is 0 Å². The molecular formula is C14H15N3O4. The lowest BCUT2D eigenvalue weighted by atomic mass is 10.1. The molecule has 3 rings (SSSR count). The van der Waals surface area contributed by atoms with E-state index in [0.29, 0.717) is 25.6 Å². The Morgan fingerprint density at radius 2 is 2.38 bits per heavy atom. The summed E-state index contributed by atoms with van der Waals surface area (Å²) < 4.78 is 10.1. The molecule has 1 fully saturated rings. The van der Waals surface area contributed by atoms with Crippen molar-refractivity contribution in [3.05, 3.63) is 42.0 Å². The van der Waals surface area contributed by atoms with E-state index in [1.807, 2.05) is 0 Å². The van der Waals surface area contributed by atoms with Crippen molar-refractivity contribution in [2.45, 2.75) is 12.5 Å². The van der Waals surface area contributed by atoms with E-state index in [0.717, 1.165) is 5.56 Å². The first-order chi connectivity index (χ1) is 10.2. The van der Waals surface area contributed by atoms with Crippen molar-refractivity contribution in [3.8, 4) is 5.75 Å². The highest BCUT2D eigenvalue weighted by Crippen LogP contribution is 2.22. The van der Waals surface area contributed by atoms with Gasteiger partial charge in [-0.2, -0.15) is 4.98 Å². The van der Waals surface area contributed by atoms with Gasteiger partial charge < -0.3 is 19.3 Å². The highest BCUT2D eigenvalue weighted by molar-refractivity contribution is 5.79. The number of phenols is 1. The Kier molecular flexibility index (Phi) is 3.83. The maximum Gasteiger partial charge on any atom is 0.227 e. The van der Waals surface area contributed by atoms with Crippen molar-refractivity contribution in [1.29, 1.82) is 0 Å². The first kappa shape index (κ1) is 13.6. The summed E-state index contributed by atoms with van der Waals surface area (Å²) in [5.41, 5.74) is 0.762. The van der Waals surface area contributed by atoms with E-state index in [9.17, 15) is 9.90 Å². The fraction of sp³-hybridized carbons (Fsp3) is 0.357. The maximum atomic E-state index is 12.5. The molecule has 1 aromatic heterocycles. The van der Waals surface area contributed by atoms with E-state index < -0.39 is 0 Å². The lowest BCUT2D eigenvalue weighted by Gasteiger charge is -2.33. The van der Waals surface area contributed by atoms with Crippen LogP contribution in [0.3, 0.4) is 0 Å². The van der Waals surface area contributed by atoms with Crippen molar-refractivity contribution in [1.82, 2.24) is 15.0 Å². The number of hydrogen-bond donors (Lipinski definition) is 1. The van der Waals surface area contributed by atoms with Gasteiger partial charge in [0, 0.05) is 6.54 Å². The van der Waals surface area contributed by atoms with E-state index in [-0.39, 0.29) is 24.1 Å². The van der Waals surface area contributed by atoms with Crippen LogP contribution in [-0.4, -0.2) is 45.8 Å². The number of amides is 1. The first-order valence-corrected chi connectivity index (χ1v) is 6.65. The third kappa shape index (κ3) is 3.03. The summed E-state index contributed by atoms with van der Waals surface area (Å²) in [6.07, 6.45) is 1.45. The molecule has 0 spiro atoms. The molecule has 7 heteroatoms. The molecule has 21 heavy (non-hydrogen) atoms. The minimum absolute atomic E-state index is 0.0568. The van der Waals surface area contributed by atoms with Gasteiger partial charge in [-0.15, -0.1) is 0 Å². The molecule has 110 valence electrons. The Bertz CT molecular complexity index is 614. The number of aromatic hydroxyl groups is 1. The fourth-order valence-electron chi connectivity index (χ4n) is 2.38. The summed E-state index contributed by atoms with van der Waals surface area (Å²) in [5.74, 6) is 0.537. The largest absolute Gasteiger partial charge is 0.508 e. The molecule has 2 aromatic rings. The van der Waals surface area contributed by atoms with Gasteiger partial charge in [0.25, 0.3) is 0 Å². The smallest absolute Gasteiger partial charge is 0.227 e. The average molecular weight is 289 g/mol. The minimum Gasteiger partial charge on any atom is -0.508 e. The Morgan fingerprint density at radius 1 is 1.48 bits per heavy atom. The molecule has 1 aliphatic rings. The van der Waals surface area contributed by atoms with Gasteiger partial charge in [0.05, 0.1) is 19.6 Å². The molecule has 1 saturated heterocycles. The molecule has 0 saturated carbocycles. The zero-order valence-corrected chi connectivity index (χ0v) is 11.3. The van der Waals surface area contributed by atoms with Gasteiger partial charge >= 0.3 is 0 Å². The molecule has 1 N–H and O–H groups in total. The van der Waals surface area contributed by atoms with E-state index in [1.165, 1.54) is 6.39 Å². The number of hydrogen-bond acceptors (Lipinski definition) is 6. The van der Waals surface area contributed by atoms with E-state index in [1.54, 1.807) is 29.2 Å². The van der Waals surface area contributed by atoms with Gasteiger partial charge in [0.2, 0.25) is 12.3 Å². The number of carbonyl (C=O) groups excluding carboxylic acids is 1. The number of carbonyl (C=O) groups is 1. The first-order valence-electron chi connectivity index (χ1n) is 6.65. The van der Waals surface area contributed by atoms with Crippen LogP contribution in [0.2, 0.25) is 0 Å². The predicted octanol–water partition coefficient (Wildman–Crippen LogP) is 0.918. The summed E-state index contributed by atoms with van der Waals surface area (Å²) in [7, 11) is 0. The summed E-state index contributed by atoms with van der Waals surface area (Å²) in [4.78, 5) is 18.2. The number of morpholine rings is 1. The molecule has 1 atom stereocenters. The molecule has 7 nitrogen and oxygen atoms in total. The quantitative estimate of drug-likeness (QED) is 0.903. The van der Waals surface area contributed by atoms with Crippen molar-refractivity contribution in [3.63, 3.8) is 0 Å². The van der Waals surface area contributed by atoms with Crippen LogP contribution in [0.1, 0.15) is 17.4 Å². The third-order valence-corrected chi connectivity index (χ3v) is 3.39. The second-order valence-corrected chi connectivity index (χ2v) is 4.81. The highest BCUT2D eigenvalue weighted by atomic mass is 16.5. The SMILES string of the molecule is O=C(Cc1cccc(O)c1)N1CCOCC1c1ncon1. The lowest BCUT2D eigenvalue weighted by molar-refractivity contribution is -0.139. The molecule has 1 aromatic carbocycles. The van der Waals surface area contributed by atoms with Crippen LogP contribution >= 0.6 is 0 Å². The standard InChI is InChI=1S/C14H15N3O4/c18-11-3-1-2-10(6-11)7-13(19)17-4-5-20-8-12(17)14-15-9-21-16-14/h1-3,6,9,12,18H,4-5,7-8H2. The normalized spacial score (nSPS) is 18.7. The molecular weight excluding hydrogens is 274 g/mol. The van der Waals surface area contributed by atoms with Crippen molar-refractivity contribution in [2.24, 2.45) is 0 Å². The maximum absolute atomic E-state index is 12.5. The highest BCUT2D eigenvalue weighted by Gasteiger charge is 2.31. The monoisotopic (exact) mass is 289 g/mol. The number of nitrogens with zero attached hydrogens (tertiary/aromatic N) is 3. The molecule has 0 radical (unpaired) electrons. The topological polar surface area (TPSA) is 88.7 Å². The zero-order chi connectivity index (χ0) is 14.7. The van der Waals surface area contributed by atoms with Gasteiger partial charge in [-0.25, -0.2) is 0 Å². The Hall–Kier alpha value is -2.41. The predicted molar refractivity (Wildman–Crippen MR) is 71.4 cm³/mol. The van der Waals surface area contributed by atoms with Gasteiger partial charge in [-0.3, -0.25) is 4.79 Å². The van der Waals surface area contributed by atoms with Crippen LogP contribution in [0.15, 0.2) is 35.2 Å². The molecule has 1 aliphatic heterocycles. The van der Waals surface area contributed by atoms with Gasteiger partial charge in [-0.05, 0) is 17.7 Å². The molecule has 0 aliphatic carbocycles. The van der Waals surface area contributed by atoms with Crippen molar-refractivity contribution in [2.75, 3.05) is 19.8 Å². The number of benzene rings is 1. The fourth-order valence-corrected chi connectivity index (χ4v) is 2.38. The summed E-state index contributed by atoms with van der Waals surface area (Å²) in [5, 5.41) is 13.3. The lowest BCUT2D eigenvalue weighted by Crippen LogP contribution is -2.44. The Balaban J connectivity index is 1.75. The Morgan fingerprint density at radius 3 is 3.14 bits per heavy atom. The summed E-state index contributed by atoms with van der Waals surface area (Å²) in [6.45, 7) is 1.32. The number of aromatic nitrogens is 2. The molecule has 0 bridgehead atoms. The van der Waals surface area contributed by atoms with Crippen molar-refractivity contribution < 1.29 is 19.2 Å². The summed E-state index contributed by atoms with van der Waals surface area (Å²) in [6, 6.07) is 6.35. The van der Waals surface area contributed by atoms with Gasteiger partial charge in [0.15, 0.2) is 5.82 Å².